The fraction of sp³-hybridized carbons (Fsp3) is 0.256. The van der Waals surface area contributed by atoms with Gasteiger partial charge in [0.1, 0.15) is 35.7 Å². The van der Waals surface area contributed by atoms with Crippen LogP contribution in [0, 0.1) is 42.3 Å². The van der Waals surface area contributed by atoms with Crippen LogP contribution in [0.1, 0.15) is 35.4 Å². The highest BCUT2D eigenvalue weighted by molar-refractivity contribution is 8.00. The van der Waals surface area contributed by atoms with E-state index in [9.17, 15) is 13.8 Å². The predicted molar refractivity (Wildman–Crippen MR) is 234 cm³/mol. The Hall–Kier alpha value is -6.82. The summed E-state index contributed by atoms with van der Waals surface area (Å²) in [5.41, 5.74) is 16.3. The second kappa shape index (κ2) is 21.8. The van der Waals surface area contributed by atoms with Crippen LogP contribution in [0.3, 0.4) is 0 Å². The predicted octanol–water partition coefficient (Wildman–Crippen LogP) is 4.48. The number of rotatable bonds is 12. The van der Waals surface area contributed by atoms with Gasteiger partial charge in [-0.15, -0.1) is 11.8 Å². The van der Waals surface area contributed by atoms with Gasteiger partial charge >= 0.3 is 13.3 Å². The number of benzene rings is 2. The lowest BCUT2D eigenvalue weighted by Gasteiger charge is -2.14. The van der Waals surface area contributed by atoms with E-state index < -0.39 is 49.0 Å². The molecular weight excluding hydrogens is 859 g/mol. The van der Waals surface area contributed by atoms with Crippen LogP contribution in [-0.2, 0) is 20.6 Å². The van der Waals surface area contributed by atoms with E-state index in [4.69, 9.17) is 46.4 Å². The molecule has 4 aromatic heterocycles. The van der Waals surface area contributed by atoms with Crippen LogP contribution in [0.5, 0.6) is 0 Å². The molecule has 63 heavy (non-hydrogen) atoms. The Labute approximate surface area is 363 Å². The van der Waals surface area contributed by atoms with Gasteiger partial charge in [-0.05, 0) is 86.0 Å². The fourth-order valence-electron chi connectivity index (χ4n) is 5.73. The third kappa shape index (κ3) is 13.6. The zero-order valence-corrected chi connectivity index (χ0v) is 35.6. The van der Waals surface area contributed by atoms with Crippen molar-refractivity contribution in [2.45, 2.75) is 45.1 Å². The summed E-state index contributed by atoms with van der Waals surface area (Å²) in [5.74, 6) is 0.672. The summed E-state index contributed by atoms with van der Waals surface area (Å²) in [7, 11) is -4.16. The number of aromatic nitrogens is 8. The van der Waals surface area contributed by atoms with Gasteiger partial charge < -0.3 is 51.0 Å². The maximum absolute atomic E-state index is 13.1. The molecule has 1 aliphatic heterocycles. The van der Waals surface area contributed by atoms with Gasteiger partial charge in [0, 0.05) is 29.4 Å². The van der Waals surface area contributed by atoms with Crippen LogP contribution in [0.2, 0.25) is 0 Å². The number of fused-ring (bicyclic) bond motifs is 1. The van der Waals surface area contributed by atoms with Crippen LogP contribution >= 0.6 is 19.4 Å². The monoisotopic (exact) mass is 900 g/mol. The largest absolute Gasteiger partial charge is 0.393 e. The first kappa shape index (κ1) is 47.2. The second-order valence-corrected chi connectivity index (χ2v) is 16.3. The highest BCUT2D eigenvalue weighted by Gasteiger charge is 2.28. The van der Waals surface area contributed by atoms with Gasteiger partial charge in [-0.3, -0.25) is 9.13 Å². The number of aliphatic hydroxyl groups excluding tert-OH is 1. The standard InChI is InChI=1S/C22H18N6.C9H14N5O4P.C8H10FN3O3S/c1-15-12-18(4-3-10-23)13-16(2)21(15)27-20-9-11-25-22(28-20)26-19-7-5-17(14-24)6-8-19;1-6(18-5-19(15,16)17)2-14-4-13-7-8(10)11-3-12-9(7)14;9-4-1-12(8(14)11-7(4)10)5-3-16-6(2-13)15-5/h3-9,11-13H,1-2H3,(H2,25,26,27,28);3-4,6H,2,5H2,1H3,(H2,10,11,12)(H2,15,16,17);1,5-6,13H,2-3H2,(H2,10,11,14)/b4-3+;;/t;6-;5-,6+/m.10/s1. The van der Waals surface area contributed by atoms with Gasteiger partial charge in [0.2, 0.25) is 5.95 Å². The first-order chi connectivity index (χ1) is 30.1. The number of nitriles is 2. The first-order valence-electron chi connectivity index (χ1n) is 18.6. The molecule has 21 nitrogen and oxygen atoms in total. The minimum absolute atomic E-state index is 0.152. The molecule has 1 aliphatic rings. The van der Waals surface area contributed by atoms with Crippen molar-refractivity contribution in [2.24, 2.45) is 0 Å². The number of nitrogen functional groups attached to an aromatic ring is 2. The number of halogens is 1. The Morgan fingerprint density at radius 2 is 1.81 bits per heavy atom. The summed E-state index contributed by atoms with van der Waals surface area (Å²) in [5, 5.41) is 32.9. The lowest BCUT2D eigenvalue weighted by atomic mass is 10.0. The Kier molecular flexibility index (Phi) is 16.4. The number of aliphatic hydroxyl groups is 1. The molecule has 0 radical (unpaired) electrons. The second-order valence-electron chi connectivity index (χ2n) is 13.5. The number of nitrogens with one attached hydrogen (secondary N) is 2. The van der Waals surface area contributed by atoms with E-state index in [1.807, 2.05) is 44.2 Å². The Morgan fingerprint density at radius 1 is 1.08 bits per heavy atom. The topological polar surface area (TPSA) is 324 Å². The van der Waals surface area contributed by atoms with Crippen molar-refractivity contribution in [3.05, 3.63) is 112 Å². The average Bonchev–Trinajstić information content (AvgIpc) is 3.91. The summed E-state index contributed by atoms with van der Waals surface area (Å²) < 4.78 is 36.9. The lowest BCUT2D eigenvalue weighted by Crippen LogP contribution is -2.29. The van der Waals surface area contributed by atoms with Crippen LogP contribution in [0.15, 0.2) is 78.4 Å². The van der Waals surface area contributed by atoms with E-state index in [1.54, 1.807) is 42.0 Å². The van der Waals surface area contributed by atoms with Crippen molar-refractivity contribution in [1.29, 1.82) is 10.5 Å². The molecule has 0 spiro atoms. The number of imidazole rings is 1. The van der Waals surface area contributed by atoms with Crippen molar-refractivity contribution in [3.8, 4) is 12.1 Å². The number of hydrogen-bond acceptors (Lipinski definition) is 18. The molecule has 0 saturated carbocycles. The number of nitrogens with zero attached hydrogens (tertiary/aromatic N) is 10. The van der Waals surface area contributed by atoms with Crippen molar-refractivity contribution >= 4 is 71.4 Å². The minimum atomic E-state index is -4.16. The number of anilines is 6. The van der Waals surface area contributed by atoms with Crippen molar-refractivity contribution < 1.29 is 33.3 Å². The highest BCUT2D eigenvalue weighted by Crippen LogP contribution is 2.34. The van der Waals surface area contributed by atoms with Gasteiger partial charge in [0.05, 0.1) is 49.5 Å². The molecule has 0 bridgehead atoms. The van der Waals surface area contributed by atoms with E-state index in [0.29, 0.717) is 40.8 Å². The molecular formula is C39H42FN14O7PS. The number of allylic oxidation sites excluding steroid dienone is 1. The van der Waals surface area contributed by atoms with E-state index in [0.717, 1.165) is 38.8 Å². The van der Waals surface area contributed by atoms with E-state index in [1.165, 1.54) is 30.5 Å². The molecule has 5 heterocycles. The Bertz CT molecular complexity index is 2730. The fourth-order valence-corrected chi connectivity index (χ4v) is 7.11. The first-order valence-corrected chi connectivity index (χ1v) is 21.5. The third-order valence-electron chi connectivity index (χ3n) is 8.62. The molecule has 0 amide bonds. The summed E-state index contributed by atoms with van der Waals surface area (Å²) in [6.45, 7) is 5.92. The number of hydrogen-bond donors (Lipinski definition) is 7. The molecule has 1 fully saturated rings. The van der Waals surface area contributed by atoms with Crippen LogP contribution < -0.4 is 27.8 Å². The van der Waals surface area contributed by atoms with Gasteiger partial charge in [-0.1, -0.05) is 0 Å². The Balaban J connectivity index is 0.000000187. The SMILES string of the molecule is C[C@H](Cn1cnc2c(N)ncnc21)OCP(=O)(O)O.Cc1cc(/C=C/C#N)cc(C)c1Nc1ccnc(Nc2ccc(C#N)cc2)n1.Nc1nc(=O)n([C@@H]2CS[C@H](CO)O2)cc1F. The van der Waals surface area contributed by atoms with Crippen LogP contribution in [0.25, 0.3) is 17.2 Å². The molecule has 2 aromatic carbocycles. The van der Waals surface area contributed by atoms with Gasteiger partial charge in [-0.25, -0.2) is 29.1 Å². The lowest BCUT2D eigenvalue weighted by molar-refractivity contribution is -0.00677. The number of thioether (sulfide) groups is 1. The van der Waals surface area contributed by atoms with Gasteiger partial charge in [0.15, 0.2) is 23.1 Å². The molecule has 24 heteroatoms. The summed E-state index contributed by atoms with van der Waals surface area (Å²) >= 11 is 1.35. The van der Waals surface area contributed by atoms with Crippen molar-refractivity contribution in [3.63, 3.8) is 0 Å². The zero-order chi connectivity index (χ0) is 45.7. The number of aryl methyl sites for hydroxylation is 2. The summed E-state index contributed by atoms with van der Waals surface area (Å²) in [4.78, 5) is 52.9. The van der Waals surface area contributed by atoms with Crippen molar-refractivity contribution in [2.75, 3.05) is 40.8 Å². The normalized spacial score (nSPS) is 15.1. The third-order valence-corrected chi connectivity index (χ3v) is 10.2. The zero-order valence-electron chi connectivity index (χ0n) is 33.9. The summed E-state index contributed by atoms with van der Waals surface area (Å²) in [6.07, 6.45) is 7.13. The maximum Gasteiger partial charge on any atom is 0.351 e. The molecule has 7 rings (SSSR count). The molecule has 0 aliphatic carbocycles. The van der Waals surface area contributed by atoms with Crippen molar-refractivity contribution in [1.82, 2.24) is 39.0 Å². The van der Waals surface area contributed by atoms with E-state index in [-0.39, 0.29) is 12.4 Å². The summed E-state index contributed by atoms with van der Waals surface area (Å²) in [6, 6.07) is 17.0. The molecule has 3 atom stereocenters. The molecule has 0 unspecified atom stereocenters. The van der Waals surface area contributed by atoms with Crippen LogP contribution in [0.4, 0.5) is 39.2 Å². The van der Waals surface area contributed by atoms with E-state index >= 15 is 0 Å². The Morgan fingerprint density at radius 3 is 2.46 bits per heavy atom. The van der Waals surface area contributed by atoms with E-state index in [2.05, 4.69) is 46.6 Å². The highest BCUT2D eigenvalue weighted by atomic mass is 32.2. The van der Waals surface area contributed by atoms with Gasteiger partial charge in [0.25, 0.3) is 0 Å². The molecule has 9 N–H and O–H groups in total. The number of nitrogens with two attached hydrogens (primary N) is 2. The minimum Gasteiger partial charge on any atom is -0.393 e. The molecule has 6 aromatic rings. The van der Waals surface area contributed by atoms with Gasteiger partial charge in [-0.2, -0.15) is 20.5 Å². The molecule has 1 saturated heterocycles. The quantitative estimate of drug-likeness (QED) is 0.0657. The number of ether oxygens (including phenoxy) is 2. The maximum atomic E-state index is 13.1. The van der Waals surface area contributed by atoms with Crippen LogP contribution in [-0.4, -0.2) is 84.2 Å². The smallest absolute Gasteiger partial charge is 0.351 e. The molecule has 328 valence electrons. The average molecular weight is 901 g/mol.